The standard InChI is InChI=1S/C21H37N3O2/c1-18(20(25)23-12-6-2-3-7-13-23)22-16-10-19(11-17-22)21(26)24-14-8-4-5-9-15-24/h18-19H,2-17H2,1H3. The molecule has 0 aromatic heterocycles. The number of carbonyl (C=O) groups excluding carboxylic acids is 2. The Morgan fingerprint density at radius 1 is 0.692 bits per heavy atom. The second kappa shape index (κ2) is 9.72. The third kappa shape index (κ3) is 4.99. The van der Waals surface area contributed by atoms with Gasteiger partial charge < -0.3 is 9.80 Å². The van der Waals surface area contributed by atoms with Crippen molar-refractivity contribution in [3.63, 3.8) is 0 Å². The minimum Gasteiger partial charge on any atom is -0.342 e. The second-order valence-corrected chi connectivity index (χ2v) is 8.47. The first-order chi connectivity index (χ1) is 12.7. The molecule has 0 radical (unpaired) electrons. The first-order valence-corrected chi connectivity index (χ1v) is 11.0. The van der Waals surface area contributed by atoms with Crippen molar-refractivity contribution in [2.75, 3.05) is 39.3 Å². The molecule has 5 nitrogen and oxygen atoms in total. The normalized spacial score (nSPS) is 25.4. The first kappa shape index (κ1) is 19.7. The van der Waals surface area contributed by atoms with Crippen molar-refractivity contribution in [3.05, 3.63) is 0 Å². The number of rotatable bonds is 3. The fourth-order valence-corrected chi connectivity index (χ4v) is 4.79. The van der Waals surface area contributed by atoms with Crippen molar-refractivity contribution in [1.82, 2.24) is 14.7 Å². The average molecular weight is 364 g/mol. The highest BCUT2D eigenvalue weighted by atomic mass is 16.2. The number of hydrogen-bond acceptors (Lipinski definition) is 3. The van der Waals surface area contributed by atoms with E-state index in [9.17, 15) is 9.59 Å². The van der Waals surface area contributed by atoms with Gasteiger partial charge in [-0.05, 0) is 58.5 Å². The maximum Gasteiger partial charge on any atom is 0.239 e. The van der Waals surface area contributed by atoms with Crippen LogP contribution >= 0.6 is 0 Å². The highest BCUT2D eigenvalue weighted by Gasteiger charge is 2.33. The van der Waals surface area contributed by atoms with Crippen LogP contribution in [0.2, 0.25) is 0 Å². The predicted molar refractivity (Wildman–Crippen MR) is 104 cm³/mol. The lowest BCUT2D eigenvalue weighted by molar-refractivity contribution is -0.139. The SMILES string of the molecule is CC(C(=O)N1CCCCCC1)N1CCC(C(=O)N2CCCCCC2)CC1. The van der Waals surface area contributed by atoms with E-state index in [1.807, 2.05) is 0 Å². The molecule has 0 spiro atoms. The smallest absolute Gasteiger partial charge is 0.239 e. The molecule has 148 valence electrons. The molecule has 2 amide bonds. The lowest BCUT2D eigenvalue weighted by Crippen LogP contribution is -2.51. The van der Waals surface area contributed by atoms with Crippen LogP contribution in [0.1, 0.15) is 71.1 Å². The molecule has 0 aromatic carbocycles. The number of carbonyl (C=O) groups is 2. The van der Waals surface area contributed by atoms with Gasteiger partial charge in [0.25, 0.3) is 0 Å². The van der Waals surface area contributed by atoms with Gasteiger partial charge in [-0.3, -0.25) is 14.5 Å². The van der Waals surface area contributed by atoms with Gasteiger partial charge in [-0.25, -0.2) is 0 Å². The van der Waals surface area contributed by atoms with Gasteiger partial charge in [0.2, 0.25) is 11.8 Å². The Kier molecular flexibility index (Phi) is 7.35. The lowest BCUT2D eigenvalue weighted by atomic mass is 9.94. The largest absolute Gasteiger partial charge is 0.342 e. The maximum atomic E-state index is 12.9. The number of nitrogens with zero attached hydrogens (tertiary/aromatic N) is 3. The van der Waals surface area contributed by atoms with Crippen LogP contribution in [-0.2, 0) is 9.59 Å². The monoisotopic (exact) mass is 363 g/mol. The number of hydrogen-bond donors (Lipinski definition) is 0. The molecule has 26 heavy (non-hydrogen) atoms. The van der Waals surface area contributed by atoms with Gasteiger partial charge in [0, 0.05) is 32.1 Å². The Morgan fingerprint density at radius 2 is 1.15 bits per heavy atom. The van der Waals surface area contributed by atoms with Crippen molar-refractivity contribution < 1.29 is 9.59 Å². The highest BCUT2D eigenvalue weighted by molar-refractivity contribution is 5.82. The van der Waals surface area contributed by atoms with Crippen LogP contribution in [0.15, 0.2) is 0 Å². The van der Waals surface area contributed by atoms with E-state index in [0.29, 0.717) is 11.8 Å². The van der Waals surface area contributed by atoms with E-state index in [1.54, 1.807) is 0 Å². The molecule has 5 heteroatoms. The molecule has 3 saturated heterocycles. The van der Waals surface area contributed by atoms with E-state index in [0.717, 1.165) is 77.8 Å². The minimum absolute atomic E-state index is 0.0395. The summed E-state index contributed by atoms with van der Waals surface area (Å²) in [6.07, 6.45) is 11.5. The molecular weight excluding hydrogens is 326 g/mol. The van der Waals surface area contributed by atoms with E-state index in [2.05, 4.69) is 21.6 Å². The predicted octanol–water partition coefficient (Wildman–Crippen LogP) is 2.89. The van der Waals surface area contributed by atoms with Gasteiger partial charge in [-0.1, -0.05) is 25.7 Å². The third-order valence-corrected chi connectivity index (χ3v) is 6.62. The Hall–Kier alpha value is -1.10. The molecule has 3 aliphatic heterocycles. The van der Waals surface area contributed by atoms with Gasteiger partial charge in [0.1, 0.15) is 0 Å². The Balaban J connectivity index is 1.47. The topological polar surface area (TPSA) is 43.9 Å². The highest BCUT2D eigenvalue weighted by Crippen LogP contribution is 2.24. The van der Waals surface area contributed by atoms with Crippen molar-refractivity contribution >= 4 is 11.8 Å². The zero-order valence-corrected chi connectivity index (χ0v) is 16.6. The summed E-state index contributed by atoms with van der Waals surface area (Å²) in [6, 6.07) is -0.0395. The number of amides is 2. The molecule has 1 unspecified atom stereocenters. The van der Waals surface area contributed by atoms with Crippen molar-refractivity contribution in [3.8, 4) is 0 Å². The van der Waals surface area contributed by atoms with Crippen LogP contribution in [0.4, 0.5) is 0 Å². The Morgan fingerprint density at radius 3 is 1.65 bits per heavy atom. The molecule has 0 N–H and O–H groups in total. The van der Waals surface area contributed by atoms with Crippen LogP contribution in [0.25, 0.3) is 0 Å². The van der Waals surface area contributed by atoms with Gasteiger partial charge in [0.05, 0.1) is 6.04 Å². The number of likely N-dealkylation sites (tertiary alicyclic amines) is 3. The van der Waals surface area contributed by atoms with E-state index in [4.69, 9.17) is 0 Å². The molecule has 3 fully saturated rings. The maximum absolute atomic E-state index is 12.9. The molecule has 3 heterocycles. The summed E-state index contributed by atoms with van der Waals surface area (Å²) in [5, 5.41) is 0. The third-order valence-electron chi connectivity index (χ3n) is 6.62. The fraction of sp³-hybridized carbons (Fsp3) is 0.905. The summed E-state index contributed by atoms with van der Waals surface area (Å²) in [7, 11) is 0. The van der Waals surface area contributed by atoms with Gasteiger partial charge >= 0.3 is 0 Å². The summed E-state index contributed by atoms with van der Waals surface area (Å²) >= 11 is 0. The zero-order valence-electron chi connectivity index (χ0n) is 16.6. The van der Waals surface area contributed by atoms with Crippen LogP contribution in [0.3, 0.4) is 0 Å². The van der Waals surface area contributed by atoms with Crippen LogP contribution in [0, 0.1) is 5.92 Å². The van der Waals surface area contributed by atoms with Crippen molar-refractivity contribution in [2.24, 2.45) is 5.92 Å². The van der Waals surface area contributed by atoms with E-state index >= 15 is 0 Å². The molecule has 1 atom stereocenters. The quantitative estimate of drug-likeness (QED) is 0.774. The number of piperidine rings is 1. The minimum atomic E-state index is -0.0395. The summed E-state index contributed by atoms with van der Waals surface area (Å²) in [5.41, 5.74) is 0. The van der Waals surface area contributed by atoms with E-state index in [-0.39, 0.29) is 12.0 Å². The summed E-state index contributed by atoms with van der Waals surface area (Å²) in [6.45, 7) is 7.56. The summed E-state index contributed by atoms with van der Waals surface area (Å²) in [4.78, 5) is 32.2. The average Bonchev–Trinajstić information content (AvgIpc) is 3.11. The first-order valence-electron chi connectivity index (χ1n) is 11.0. The van der Waals surface area contributed by atoms with Gasteiger partial charge in [0.15, 0.2) is 0 Å². The fourth-order valence-electron chi connectivity index (χ4n) is 4.79. The van der Waals surface area contributed by atoms with Gasteiger partial charge in [-0.2, -0.15) is 0 Å². The van der Waals surface area contributed by atoms with Crippen LogP contribution < -0.4 is 0 Å². The van der Waals surface area contributed by atoms with Gasteiger partial charge in [-0.15, -0.1) is 0 Å². The molecule has 0 aliphatic carbocycles. The molecular formula is C21H37N3O2. The van der Waals surface area contributed by atoms with E-state index in [1.165, 1.54) is 25.7 Å². The van der Waals surface area contributed by atoms with Crippen molar-refractivity contribution in [1.29, 1.82) is 0 Å². The molecule has 3 aliphatic rings. The molecule has 3 rings (SSSR count). The Labute approximate surface area is 159 Å². The summed E-state index contributed by atoms with van der Waals surface area (Å²) < 4.78 is 0. The molecule has 0 bridgehead atoms. The van der Waals surface area contributed by atoms with Crippen LogP contribution in [0.5, 0.6) is 0 Å². The van der Waals surface area contributed by atoms with E-state index < -0.39 is 0 Å². The molecule has 0 aromatic rings. The second-order valence-electron chi connectivity index (χ2n) is 8.47. The van der Waals surface area contributed by atoms with Crippen LogP contribution in [-0.4, -0.2) is 71.8 Å². The Bertz CT molecular complexity index is 458. The van der Waals surface area contributed by atoms with Crippen molar-refractivity contribution in [2.45, 2.75) is 77.2 Å². The summed E-state index contributed by atoms with van der Waals surface area (Å²) in [5.74, 6) is 0.840. The lowest BCUT2D eigenvalue weighted by Gasteiger charge is -2.38. The zero-order chi connectivity index (χ0) is 18.4. The molecule has 0 saturated carbocycles.